The zero-order chi connectivity index (χ0) is 15.1. The van der Waals surface area contributed by atoms with Crippen molar-refractivity contribution in [1.82, 2.24) is 4.90 Å². The monoisotopic (exact) mass is 277 g/mol. The molecule has 5 nitrogen and oxygen atoms in total. The van der Waals surface area contributed by atoms with E-state index in [-0.39, 0.29) is 24.7 Å². The van der Waals surface area contributed by atoms with E-state index in [4.69, 9.17) is 15.1 Å². The van der Waals surface area contributed by atoms with Crippen molar-refractivity contribution in [3.63, 3.8) is 0 Å². The van der Waals surface area contributed by atoms with Crippen LogP contribution in [0.4, 0.5) is 0 Å². The van der Waals surface area contributed by atoms with Gasteiger partial charge in [0.05, 0.1) is 36.8 Å². The minimum absolute atomic E-state index is 0.0000777. The summed E-state index contributed by atoms with van der Waals surface area (Å²) in [6.07, 6.45) is 1.84. The lowest BCUT2D eigenvalue weighted by Gasteiger charge is -2.29. The Kier molecular flexibility index (Phi) is 6.51. The zero-order valence-electron chi connectivity index (χ0n) is 12.5. The molecular formula is C15H23N3O2. The summed E-state index contributed by atoms with van der Waals surface area (Å²) in [6.45, 7) is 6.82. The van der Waals surface area contributed by atoms with Crippen LogP contribution in [0.25, 0.3) is 0 Å². The molecule has 1 rings (SSSR count). The molecule has 0 aliphatic carbocycles. The predicted molar refractivity (Wildman–Crippen MR) is 75.0 cm³/mol. The fourth-order valence-electron chi connectivity index (χ4n) is 2.51. The van der Waals surface area contributed by atoms with E-state index in [0.29, 0.717) is 12.2 Å². The second-order valence-electron chi connectivity index (χ2n) is 5.20. The Hall–Kier alpha value is -1.56. The van der Waals surface area contributed by atoms with Gasteiger partial charge in [0.2, 0.25) is 0 Å². The third kappa shape index (κ3) is 3.72. The third-order valence-electron chi connectivity index (χ3n) is 3.95. The Morgan fingerprint density at radius 1 is 1.45 bits per heavy atom. The molecule has 0 bridgehead atoms. The summed E-state index contributed by atoms with van der Waals surface area (Å²) in [5, 5.41) is 27.3. The first-order valence-electron chi connectivity index (χ1n) is 7.06. The number of ether oxygens (including phenoxy) is 1. The van der Waals surface area contributed by atoms with Crippen molar-refractivity contribution in [3.8, 4) is 12.1 Å². The number of nitrogens with zero attached hydrogens (tertiary/aromatic N) is 3. The van der Waals surface area contributed by atoms with Gasteiger partial charge in [0.25, 0.3) is 0 Å². The van der Waals surface area contributed by atoms with Gasteiger partial charge in [0.1, 0.15) is 6.23 Å². The number of rotatable bonds is 6. The third-order valence-corrected chi connectivity index (χ3v) is 3.95. The Balaban J connectivity index is 2.93. The summed E-state index contributed by atoms with van der Waals surface area (Å²) in [7, 11) is 0. The van der Waals surface area contributed by atoms with Gasteiger partial charge in [-0.3, -0.25) is 0 Å². The van der Waals surface area contributed by atoms with Gasteiger partial charge >= 0.3 is 0 Å². The maximum Gasteiger partial charge on any atom is 0.130 e. The molecular weight excluding hydrogens is 254 g/mol. The molecule has 5 heteroatoms. The van der Waals surface area contributed by atoms with Gasteiger partial charge in [-0.05, 0) is 26.7 Å². The van der Waals surface area contributed by atoms with Crippen molar-refractivity contribution in [2.75, 3.05) is 19.8 Å². The lowest BCUT2D eigenvalue weighted by atomic mass is 9.89. The normalized spacial score (nSPS) is 22.7. The molecule has 0 amide bonds. The quantitative estimate of drug-likeness (QED) is 0.751. The lowest BCUT2D eigenvalue weighted by Crippen LogP contribution is -2.32. The van der Waals surface area contributed by atoms with Crippen molar-refractivity contribution >= 4 is 0 Å². The molecule has 1 fully saturated rings. The largest absolute Gasteiger partial charge is 0.394 e. The van der Waals surface area contributed by atoms with Gasteiger partial charge in [-0.1, -0.05) is 6.92 Å². The molecule has 1 heterocycles. The molecule has 0 radical (unpaired) electrons. The minimum Gasteiger partial charge on any atom is -0.394 e. The highest BCUT2D eigenvalue weighted by Crippen LogP contribution is 2.29. The van der Waals surface area contributed by atoms with Crippen molar-refractivity contribution < 1.29 is 9.84 Å². The molecule has 0 spiro atoms. The van der Waals surface area contributed by atoms with Gasteiger partial charge in [-0.25, -0.2) is 0 Å². The number of nitriles is 2. The highest BCUT2D eigenvalue weighted by molar-refractivity contribution is 5.30. The molecule has 0 aromatic rings. The molecule has 1 N–H and O–H groups in total. The van der Waals surface area contributed by atoms with Crippen LogP contribution in [0.2, 0.25) is 0 Å². The maximum atomic E-state index is 9.41. The molecule has 0 aromatic carbocycles. The summed E-state index contributed by atoms with van der Waals surface area (Å²) >= 11 is 0. The zero-order valence-corrected chi connectivity index (χ0v) is 12.5. The number of hydrogen-bond donors (Lipinski definition) is 1. The van der Waals surface area contributed by atoms with Crippen molar-refractivity contribution in [2.24, 2.45) is 11.8 Å². The predicted octanol–water partition coefficient (Wildman–Crippen LogP) is 2.01. The van der Waals surface area contributed by atoms with E-state index in [2.05, 4.69) is 17.0 Å². The van der Waals surface area contributed by atoms with E-state index < -0.39 is 0 Å². The standard InChI is InChI=1S/C15H23N3O2/c1-11(9-16)12(2)14(10-17)13(3)18-6-4-5-15(18)20-8-7-19/h11-12,15,19H,4-8H2,1-3H3/b14-13+. The number of hydrogen-bond acceptors (Lipinski definition) is 5. The highest BCUT2D eigenvalue weighted by Gasteiger charge is 2.29. The van der Waals surface area contributed by atoms with Crippen molar-refractivity contribution in [1.29, 1.82) is 10.5 Å². The summed E-state index contributed by atoms with van der Waals surface area (Å²) in [4.78, 5) is 2.08. The van der Waals surface area contributed by atoms with Gasteiger partial charge in [-0.15, -0.1) is 0 Å². The number of aliphatic hydroxyl groups excluding tert-OH is 1. The van der Waals surface area contributed by atoms with Crippen molar-refractivity contribution in [3.05, 3.63) is 11.3 Å². The summed E-state index contributed by atoms with van der Waals surface area (Å²) in [6, 6.07) is 4.45. The number of likely N-dealkylation sites (tertiary alicyclic amines) is 1. The number of allylic oxidation sites excluding steroid dienone is 2. The molecule has 110 valence electrons. The highest BCUT2D eigenvalue weighted by atomic mass is 16.5. The second-order valence-corrected chi connectivity index (χ2v) is 5.20. The van der Waals surface area contributed by atoms with Gasteiger partial charge in [0.15, 0.2) is 0 Å². The first-order chi connectivity index (χ1) is 9.56. The van der Waals surface area contributed by atoms with Gasteiger partial charge in [0, 0.05) is 18.2 Å². The maximum absolute atomic E-state index is 9.41. The SMILES string of the molecule is C/C(=C(/C#N)C(C)C(C)C#N)N1CCCC1OCCO. The van der Waals surface area contributed by atoms with E-state index in [9.17, 15) is 5.26 Å². The second kappa shape index (κ2) is 7.89. The fraction of sp³-hybridized carbons (Fsp3) is 0.733. The van der Waals surface area contributed by atoms with Gasteiger partial charge in [-0.2, -0.15) is 10.5 Å². The van der Waals surface area contributed by atoms with Gasteiger partial charge < -0.3 is 14.7 Å². The van der Waals surface area contributed by atoms with Crippen LogP contribution in [0.5, 0.6) is 0 Å². The topological polar surface area (TPSA) is 80.3 Å². The average molecular weight is 277 g/mol. The lowest BCUT2D eigenvalue weighted by molar-refractivity contribution is -0.0337. The Morgan fingerprint density at radius 3 is 2.70 bits per heavy atom. The van der Waals surface area contributed by atoms with E-state index >= 15 is 0 Å². The average Bonchev–Trinajstić information content (AvgIpc) is 2.92. The molecule has 20 heavy (non-hydrogen) atoms. The van der Waals surface area contributed by atoms with Crippen LogP contribution in [0.1, 0.15) is 33.6 Å². The minimum atomic E-state index is -0.195. The summed E-state index contributed by atoms with van der Waals surface area (Å²) in [5.74, 6) is -0.289. The Labute approximate surface area is 121 Å². The fourth-order valence-corrected chi connectivity index (χ4v) is 2.51. The summed E-state index contributed by atoms with van der Waals surface area (Å²) in [5.41, 5.74) is 1.54. The molecule has 3 unspecified atom stereocenters. The van der Waals surface area contributed by atoms with E-state index in [0.717, 1.165) is 25.1 Å². The Morgan fingerprint density at radius 2 is 2.15 bits per heavy atom. The molecule has 0 aromatic heterocycles. The van der Waals surface area contributed by atoms with E-state index in [1.807, 2.05) is 20.8 Å². The van der Waals surface area contributed by atoms with Crippen LogP contribution >= 0.6 is 0 Å². The van der Waals surface area contributed by atoms with Crippen LogP contribution < -0.4 is 0 Å². The first kappa shape index (κ1) is 16.5. The van der Waals surface area contributed by atoms with Crippen LogP contribution in [0.3, 0.4) is 0 Å². The molecule has 0 saturated carbocycles. The number of aliphatic hydroxyl groups is 1. The molecule has 3 atom stereocenters. The molecule has 1 aliphatic rings. The molecule has 1 aliphatic heterocycles. The van der Waals surface area contributed by atoms with Crippen molar-refractivity contribution in [2.45, 2.75) is 39.8 Å². The summed E-state index contributed by atoms with van der Waals surface area (Å²) < 4.78 is 5.61. The van der Waals surface area contributed by atoms with E-state index in [1.165, 1.54) is 0 Å². The van der Waals surface area contributed by atoms with Crippen LogP contribution in [-0.2, 0) is 4.74 Å². The smallest absolute Gasteiger partial charge is 0.130 e. The van der Waals surface area contributed by atoms with Crippen LogP contribution in [0.15, 0.2) is 11.3 Å². The van der Waals surface area contributed by atoms with Crippen LogP contribution in [-0.4, -0.2) is 36.0 Å². The van der Waals surface area contributed by atoms with Crippen LogP contribution in [0, 0.1) is 34.5 Å². The Bertz CT molecular complexity index is 433. The molecule has 1 saturated heterocycles. The van der Waals surface area contributed by atoms with E-state index in [1.54, 1.807) is 0 Å². The first-order valence-corrected chi connectivity index (χ1v) is 7.06.